The maximum atomic E-state index is 12.7. The summed E-state index contributed by atoms with van der Waals surface area (Å²) in [6.07, 6.45) is -4.47. The first-order valence-electron chi connectivity index (χ1n) is 6.41. The first-order chi connectivity index (χ1) is 11.2. The predicted molar refractivity (Wildman–Crippen MR) is 91.6 cm³/mol. The van der Waals surface area contributed by atoms with Crippen LogP contribution in [0.15, 0.2) is 42.5 Å². The van der Waals surface area contributed by atoms with Gasteiger partial charge in [-0.15, -0.1) is 0 Å². The number of carbonyl (C=O) groups is 1. The smallest absolute Gasteiger partial charge is 0.332 e. The molecule has 2 aromatic carbocycles. The van der Waals surface area contributed by atoms with Crippen molar-refractivity contribution < 1.29 is 18.0 Å². The molecule has 24 heavy (non-hydrogen) atoms. The number of amides is 1. The van der Waals surface area contributed by atoms with Gasteiger partial charge in [-0.2, -0.15) is 13.2 Å². The summed E-state index contributed by atoms with van der Waals surface area (Å²) >= 11 is 16.6. The highest BCUT2D eigenvalue weighted by Gasteiger charge is 2.30. The van der Waals surface area contributed by atoms with Crippen LogP contribution in [0.4, 0.5) is 18.9 Å². The van der Waals surface area contributed by atoms with Crippen LogP contribution in [-0.2, 0) is 6.18 Å². The van der Waals surface area contributed by atoms with Gasteiger partial charge in [-0.3, -0.25) is 10.1 Å². The van der Waals surface area contributed by atoms with Crippen LogP contribution >= 0.6 is 35.4 Å². The minimum atomic E-state index is -4.47. The second-order valence-corrected chi connectivity index (χ2v) is 5.86. The molecule has 0 spiro atoms. The van der Waals surface area contributed by atoms with E-state index < -0.39 is 17.6 Å². The monoisotopic (exact) mass is 392 g/mol. The van der Waals surface area contributed by atoms with E-state index in [1.165, 1.54) is 30.3 Å². The van der Waals surface area contributed by atoms with Crippen molar-refractivity contribution in [2.24, 2.45) is 0 Å². The summed E-state index contributed by atoms with van der Waals surface area (Å²) < 4.78 is 38.0. The molecule has 0 aliphatic heterocycles. The van der Waals surface area contributed by atoms with Crippen LogP contribution in [0, 0.1) is 0 Å². The molecule has 9 heteroatoms. The highest BCUT2D eigenvalue weighted by molar-refractivity contribution is 7.80. The van der Waals surface area contributed by atoms with E-state index in [1.807, 2.05) is 0 Å². The molecule has 2 N–H and O–H groups in total. The van der Waals surface area contributed by atoms with Gasteiger partial charge in [-0.05, 0) is 48.6 Å². The number of carbonyl (C=O) groups excluding carboxylic acids is 1. The normalized spacial score (nSPS) is 11.0. The van der Waals surface area contributed by atoms with Gasteiger partial charge >= 0.3 is 6.18 Å². The third-order valence-electron chi connectivity index (χ3n) is 2.85. The molecule has 0 bridgehead atoms. The van der Waals surface area contributed by atoms with Crippen LogP contribution in [0.3, 0.4) is 0 Å². The van der Waals surface area contributed by atoms with E-state index in [-0.39, 0.29) is 21.4 Å². The summed E-state index contributed by atoms with van der Waals surface area (Å²) in [6.45, 7) is 0. The molecule has 0 unspecified atom stereocenters. The SMILES string of the molecule is O=C(NC(=S)Nc1cccc(C(F)(F)F)c1)c1ccc(Cl)cc1Cl. The number of anilines is 1. The molecule has 0 aromatic heterocycles. The maximum Gasteiger partial charge on any atom is 0.416 e. The fourth-order valence-electron chi connectivity index (χ4n) is 1.78. The van der Waals surface area contributed by atoms with Crippen molar-refractivity contribution in [3.63, 3.8) is 0 Å². The second kappa shape index (κ2) is 7.38. The van der Waals surface area contributed by atoms with E-state index in [1.54, 1.807) is 0 Å². The molecule has 0 aliphatic carbocycles. The Balaban J connectivity index is 2.07. The largest absolute Gasteiger partial charge is 0.416 e. The van der Waals surface area contributed by atoms with Gasteiger partial charge in [0.1, 0.15) is 0 Å². The van der Waals surface area contributed by atoms with Gasteiger partial charge in [0.05, 0.1) is 16.1 Å². The lowest BCUT2D eigenvalue weighted by atomic mass is 10.2. The number of nitrogens with one attached hydrogen (secondary N) is 2. The van der Waals surface area contributed by atoms with Gasteiger partial charge in [0, 0.05) is 10.7 Å². The van der Waals surface area contributed by atoms with Crippen molar-refractivity contribution in [3.8, 4) is 0 Å². The Morgan fingerprint density at radius 3 is 2.42 bits per heavy atom. The molecule has 0 heterocycles. The Hall–Kier alpha value is -1.83. The Morgan fingerprint density at radius 2 is 1.79 bits per heavy atom. The fraction of sp³-hybridized carbons (Fsp3) is 0.0667. The number of thiocarbonyl (C=S) groups is 1. The Labute approximate surface area is 150 Å². The molecule has 2 rings (SSSR count). The van der Waals surface area contributed by atoms with Gasteiger partial charge in [-0.1, -0.05) is 29.3 Å². The van der Waals surface area contributed by atoms with Crippen molar-refractivity contribution in [2.75, 3.05) is 5.32 Å². The summed E-state index contributed by atoms with van der Waals surface area (Å²) in [6, 6.07) is 8.71. The number of alkyl halides is 3. The lowest BCUT2D eigenvalue weighted by molar-refractivity contribution is -0.137. The molecule has 126 valence electrons. The Bertz CT molecular complexity index is 797. The highest BCUT2D eigenvalue weighted by Crippen LogP contribution is 2.30. The van der Waals surface area contributed by atoms with Gasteiger partial charge in [0.2, 0.25) is 0 Å². The number of halogens is 5. The van der Waals surface area contributed by atoms with Crippen LogP contribution in [0.1, 0.15) is 15.9 Å². The van der Waals surface area contributed by atoms with Gasteiger partial charge in [0.15, 0.2) is 5.11 Å². The van der Waals surface area contributed by atoms with E-state index >= 15 is 0 Å². The molecule has 2 aromatic rings. The van der Waals surface area contributed by atoms with E-state index in [2.05, 4.69) is 10.6 Å². The molecule has 0 saturated heterocycles. The summed E-state index contributed by atoms with van der Waals surface area (Å²) in [4.78, 5) is 12.1. The van der Waals surface area contributed by atoms with Crippen LogP contribution < -0.4 is 10.6 Å². The van der Waals surface area contributed by atoms with E-state index in [0.717, 1.165) is 12.1 Å². The second-order valence-electron chi connectivity index (χ2n) is 4.61. The van der Waals surface area contributed by atoms with Gasteiger partial charge < -0.3 is 5.32 Å². The zero-order chi connectivity index (χ0) is 17.9. The first-order valence-corrected chi connectivity index (χ1v) is 7.58. The zero-order valence-electron chi connectivity index (χ0n) is 11.7. The summed E-state index contributed by atoms with van der Waals surface area (Å²) in [7, 11) is 0. The molecule has 3 nitrogen and oxygen atoms in total. The average Bonchev–Trinajstić information content (AvgIpc) is 2.46. The fourth-order valence-corrected chi connectivity index (χ4v) is 2.48. The Morgan fingerprint density at radius 1 is 1.08 bits per heavy atom. The minimum Gasteiger partial charge on any atom is -0.332 e. The van der Waals surface area contributed by atoms with Crippen molar-refractivity contribution in [1.82, 2.24) is 5.32 Å². The summed E-state index contributed by atoms with van der Waals surface area (Å²) in [5, 5.41) is 5.18. The third kappa shape index (κ3) is 4.83. The molecule has 0 radical (unpaired) electrons. The zero-order valence-corrected chi connectivity index (χ0v) is 14.1. The number of rotatable bonds is 2. The highest BCUT2D eigenvalue weighted by atomic mass is 35.5. The summed E-state index contributed by atoms with van der Waals surface area (Å²) in [5.74, 6) is -0.610. The third-order valence-corrected chi connectivity index (χ3v) is 3.60. The lowest BCUT2D eigenvalue weighted by Crippen LogP contribution is -2.34. The number of benzene rings is 2. The molecular weight excluding hydrogens is 384 g/mol. The van der Waals surface area contributed by atoms with Crippen LogP contribution in [0.25, 0.3) is 0 Å². The van der Waals surface area contributed by atoms with Crippen LogP contribution in [0.5, 0.6) is 0 Å². The minimum absolute atomic E-state index is 0.0947. The first kappa shape index (κ1) is 18.5. The van der Waals surface area contributed by atoms with E-state index in [4.69, 9.17) is 35.4 Å². The number of hydrogen-bond donors (Lipinski definition) is 2. The summed E-state index contributed by atoms with van der Waals surface area (Å²) in [5.41, 5.74) is -0.603. The standard InChI is InChI=1S/C15H9Cl2F3N2OS/c16-9-4-5-11(12(17)7-9)13(23)22-14(24)21-10-3-1-2-8(6-10)15(18,19)20/h1-7H,(H2,21,22,23,24). The Kier molecular flexibility index (Phi) is 5.69. The van der Waals surface area contributed by atoms with Crippen LogP contribution in [-0.4, -0.2) is 11.0 Å². The van der Waals surface area contributed by atoms with Crippen LogP contribution in [0.2, 0.25) is 10.0 Å². The van der Waals surface area contributed by atoms with Gasteiger partial charge in [-0.25, -0.2) is 0 Å². The van der Waals surface area contributed by atoms with Crippen molar-refractivity contribution in [2.45, 2.75) is 6.18 Å². The average molecular weight is 393 g/mol. The van der Waals surface area contributed by atoms with Crippen molar-refractivity contribution in [3.05, 3.63) is 63.6 Å². The molecule has 0 aliphatic rings. The predicted octanol–water partition coefficient (Wildman–Crippen LogP) is 5.14. The molecule has 0 saturated carbocycles. The molecular formula is C15H9Cl2F3N2OS. The van der Waals surface area contributed by atoms with E-state index in [9.17, 15) is 18.0 Å². The maximum absolute atomic E-state index is 12.7. The van der Waals surface area contributed by atoms with E-state index in [0.29, 0.717) is 5.02 Å². The number of hydrogen-bond acceptors (Lipinski definition) is 2. The molecule has 0 atom stereocenters. The quantitative estimate of drug-likeness (QED) is 0.695. The lowest BCUT2D eigenvalue weighted by Gasteiger charge is -2.12. The molecule has 1 amide bonds. The van der Waals surface area contributed by atoms with Gasteiger partial charge in [0.25, 0.3) is 5.91 Å². The topological polar surface area (TPSA) is 41.1 Å². The van der Waals surface area contributed by atoms with Crippen molar-refractivity contribution >= 4 is 52.1 Å². The molecule has 0 fully saturated rings. The van der Waals surface area contributed by atoms with Crippen molar-refractivity contribution in [1.29, 1.82) is 0 Å².